The van der Waals surface area contributed by atoms with Gasteiger partial charge in [0.05, 0.1) is 18.3 Å². The van der Waals surface area contributed by atoms with Gasteiger partial charge in [0.15, 0.2) is 5.82 Å². The summed E-state index contributed by atoms with van der Waals surface area (Å²) in [4.78, 5) is 15.7. The van der Waals surface area contributed by atoms with Crippen molar-refractivity contribution in [2.75, 3.05) is 0 Å². The number of aryl methyl sites for hydroxylation is 1. The zero-order chi connectivity index (χ0) is 15.4. The molecule has 0 aromatic carbocycles. The average Bonchev–Trinajstić information content (AvgIpc) is 2.84. The first-order chi connectivity index (χ1) is 9.97. The van der Waals surface area contributed by atoms with Gasteiger partial charge in [-0.1, -0.05) is 0 Å². The van der Waals surface area contributed by atoms with Crippen LogP contribution in [0.5, 0.6) is 0 Å². The largest absolute Gasteiger partial charge is 0.332 e. The third kappa shape index (κ3) is 3.71. The number of nitrogens with one attached hydrogen (secondary N) is 2. The SMILES string of the molecule is CC(NC(=O)N[C@@H](C)c1cncc(F)c1)c1nnnn1C. The normalized spacial score (nSPS) is 13.5. The molecule has 0 radical (unpaired) electrons. The molecule has 1 unspecified atom stereocenters. The van der Waals surface area contributed by atoms with E-state index >= 15 is 0 Å². The van der Waals surface area contributed by atoms with Crippen LogP contribution < -0.4 is 10.6 Å². The molecule has 0 aliphatic carbocycles. The maximum absolute atomic E-state index is 13.1. The number of carbonyl (C=O) groups excluding carboxylic acids is 1. The summed E-state index contributed by atoms with van der Waals surface area (Å²) in [6.07, 6.45) is 2.61. The average molecular weight is 293 g/mol. The van der Waals surface area contributed by atoms with Gasteiger partial charge in [0.2, 0.25) is 0 Å². The summed E-state index contributed by atoms with van der Waals surface area (Å²) in [7, 11) is 1.69. The standard InChI is InChI=1S/C12H16FN7O/c1-7(9-4-10(13)6-14-5-9)15-12(21)16-8(2)11-17-18-19-20(11)3/h4-8H,1-3H3,(H2,15,16,21)/t7-,8?/m0/s1. The van der Waals surface area contributed by atoms with Gasteiger partial charge in [-0.15, -0.1) is 5.10 Å². The molecule has 2 heterocycles. The second kappa shape index (κ2) is 6.25. The predicted octanol–water partition coefficient (Wildman–Crippen LogP) is 0.866. The molecule has 2 atom stereocenters. The summed E-state index contributed by atoms with van der Waals surface area (Å²) in [5.41, 5.74) is 0.582. The fourth-order valence-electron chi connectivity index (χ4n) is 1.85. The molecule has 0 spiro atoms. The summed E-state index contributed by atoms with van der Waals surface area (Å²) in [6.45, 7) is 3.50. The molecule has 0 saturated carbocycles. The van der Waals surface area contributed by atoms with Gasteiger partial charge in [-0.3, -0.25) is 4.98 Å². The molecule has 0 fully saturated rings. The van der Waals surface area contributed by atoms with E-state index in [1.165, 1.54) is 16.9 Å². The topological polar surface area (TPSA) is 97.6 Å². The van der Waals surface area contributed by atoms with Crippen molar-refractivity contribution in [2.45, 2.75) is 25.9 Å². The van der Waals surface area contributed by atoms with Crippen LogP contribution in [0.3, 0.4) is 0 Å². The van der Waals surface area contributed by atoms with Crippen molar-refractivity contribution >= 4 is 6.03 Å². The van der Waals surface area contributed by atoms with Crippen molar-refractivity contribution in [1.29, 1.82) is 0 Å². The number of carbonyl (C=O) groups is 1. The predicted molar refractivity (Wildman–Crippen MR) is 71.5 cm³/mol. The number of rotatable bonds is 4. The van der Waals surface area contributed by atoms with E-state index < -0.39 is 11.8 Å². The molecule has 9 heteroatoms. The van der Waals surface area contributed by atoms with Gasteiger partial charge in [0, 0.05) is 13.2 Å². The van der Waals surface area contributed by atoms with E-state index in [0.717, 1.165) is 6.20 Å². The molecule has 2 N–H and O–H groups in total. The van der Waals surface area contributed by atoms with Gasteiger partial charge in [-0.05, 0) is 35.9 Å². The van der Waals surface area contributed by atoms with Crippen LogP contribution in [0.25, 0.3) is 0 Å². The highest BCUT2D eigenvalue weighted by molar-refractivity contribution is 5.74. The van der Waals surface area contributed by atoms with Crippen LogP contribution in [0, 0.1) is 5.82 Å². The zero-order valence-corrected chi connectivity index (χ0v) is 11.9. The molecular formula is C12H16FN7O. The molecule has 112 valence electrons. The summed E-state index contributed by atoms with van der Waals surface area (Å²) < 4.78 is 14.6. The van der Waals surface area contributed by atoms with Crippen LogP contribution in [-0.4, -0.2) is 31.2 Å². The lowest BCUT2D eigenvalue weighted by molar-refractivity contribution is 0.234. The van der Waals surface area contributed by atoms with E-state index in [2.05, 4.69) is 31.1 Å². The number of tetrazole rings is 1. The molecule has 21 heavy (non-hydrogen) atoms. The number of amides is 2. The number of pyridine rings is 1. The van der Waals surface area contributed by atoms with Crippen molar-refractivity contribution in [3.8, 4) is 0 Å². The van der Waals surface area contributed by atoms with Gasteiger partial charge in [-0.2, -0.15) is 0 Å². The molecule has 2 aromatic rings. The minimum Gasteiger partial charge on any atom is -0.332 e. The lowest BCUT2D eigenvalue weighted by Crippen LogP contribution is -2.39. The number of hydrogen-bond acceptors (Lipinski definition) is 5. The van der Waals surface area contributed by atoms with Crippen molar-refractivity contribution in [1.82, 2.24) is 35.8 Å². The van der Waals surface area contributed by atoms with Crippen molar-refractivity contribution in [3.05, 3.63) is 35.7 Å². The third-order valence-corrected chi connectivity index (χ3v) is 2.96. The molecule has 2 aromatic heterocycles. The molecule has 2 rings (SSSR count). The Kier molecular flexibility index (Phi) is 4.41. The Balaban J connectivity index is 1.94. The Labute approximate surface area is 120 Å². The third-order valence-electron chi connectivity index (χ3n) is 2.96. The van der Waals surface area contributed by atoms with Crippen LogP contribution in [0.4, 0.5) is 9.18 Å². The van der Waals surface area contributed by atoms with Gasteiger partial charge in [0.1, 0.15) is 5.82 Å². The maximum atomic E-state index is 13.1. The molecule has 2 amide bonds. The summed E-state index contributed by atoms with van der Waals surface area (Å²) in [5, 5.41) is 16.4. The second-order valence-corrected chi connectivity index (χ2v) is 4.66. The molecular weight excluding hydrogens is 277 g/mol. The number of urea groups is 1. The monoisotopic (exact) mass is 293 g/mol. The van der Waals surface area contributed by atoms with Gasteiger partial charge >= 0.3 is 6.03 Å². The Morgan fingerprint density at radius 1 is 1.29 bits per heavy atom. The van der Waals surface area contributed by atoms with Gasteiger partial charge in [-0.25, -0.2) is 13.9 Å². The minimum atomic E-state index is -0.444. The first-order valence-electron chi connectivity index (χ1n) is 6.37. The molecule has 0 saturated heterocycles. The number of halogens is 1. The summed E-state index contributed by atoms with van der Waals surface area (Å²) in [6, 6.07) is 0.191. The van der Waals surface area contributed by atoms with Crippen molar-refractivity contribution < 1.29 is 9.18 Å². The number of nitrogens with zero attached hydrogens (tertiary/aromatic N) is 5. The van der Waals surface area contributed by atoms with Crippen LogP contribution in [0.15, 0.2) is 18.5 Å². The zero-order valence-electron chi connectivity index (χ0n) is 11.9. The van der Waals surface area contributed by atoms with Crippen LogP contribution in [-0.2, 0) is 7.05 Å². The van der Waals surface area contributed by atoms with Crippen LogP contribution >= 0.6 is 0 Å². The lowest BCUT2D eigenvalue weighted by atomic mass is 10.1. The first kappa shape index (κ1) is 14.8. The molecule has 8 nitrogen and oxygen atoms in total. The minimum absolute atomic E-state index is 0.358. The Morgan fingerprint density at radius 2 is 2.00 bits per heavy atom. The smallest absolute Gasteiger partial charge is 0.315 e. The Morgan fingerprint density at radius 3 is 2.62 bits per heavy atom. The number of aromatic nitrogens is 5. The van der Waals surface area contributed by atoms with E-state index in [4.69, 9.17) is 0 Å². The van der Waals surface area contributed by atoms with E-state index in [-0.39, 0.29) is 12.1 Å². The van der Waals surface area contributed by atoms with Crippen molar-refractivity contribution in [3.63, 3.8) is 0 Å². The van der Waals surface area contributed by atoms with E-state index in [0.29, 0.717) is 11.4 Å². The molecule has 0 aliphatic heterocycles. The quantitative estimate of drug-likeness (QED) is 0.871. The van der Waals surface area contributed by atoms with Crippen LogP contribution in [0.2, 0.25) is 0 Å². The first-order valence-corrected chi connectivity index (χ1v) is 6.37. The van der Waals surface area contributed by atoms with Gasteiger partial charge < -0.3 is 10.6 Å². The highest BCUT2D eigenvalue weighted by Crippen LogP contribution is 2.12. The van der Waals surface area contributed by atoms with Crippen LogP contribution in [0.1, 0.15) is 37.3 Å². The second-order valence-electron chi connectivity index (χ2n) is 4.66. The van der Waals surface area contributed by atoms with Crippen molar-refractivity contribution in [2.24, 2.45) is 7.05 Å². The fraction of sp³-hybridized carbons (Fsp3) is 0.417. The Bertz CT molecular complexity index is 630. The summed E-state index contributed by atoms with van der Waals surface area (Å²) >= 11 is 0. The highest BCUT2D eigenvalue weighted by atomic mass is 19.1. The number of hydrogen-bond donors (Lipinski definition) is 2. The van der Waals surface area contributed by atoms with E-state index in [9.17, 15) is 9.18 Å². The maximum Gasteiger partial charge on any atom is 0.315 e. The fourth-order valence-corrected chi connectivity index (χ4v) is 1.85. The van der Waals surface area contributed by atoms with E-state index in [1.54, 1.807) is 20.9 Å². The highest BCUT2D eigenvalue weighted by Gasteiger charge is 2.17. The Hall–Kier alpha value is -2.58. The molecule has 0 aliphatic rings. The summed E-state index contributed by atoms with van der Waals surface area (Å²) in [5.74, 6) is 0.0883. The molecule has 0 bridgehead atoms. The lowest BCUT2D eigenvalue weighted by Gasteiger charge is -2.17. The van der Waals surface area contributed by atoms with E-state index in [1.807, 2.05) is 0 Å². The van der Waals surface area contributed by atoms with Gasteiger partial charge in [0.25, 0.3) is 0 Å².